The number of nitrogens with zero attached hydrogens (tertiary/aromatic N) is 3. The predicted octanol–water partition coefficient (Wildman–Crippen LogP) is 4.45. The van der Waals surface area contributed by atoms with Gasteiger partial charge in [0.1, 0.15) is 0 Å². The summed E-state index contributed by atoms with van der Waals surface area (Å²) in [6.45, 7) is 7.33. The van der Waals surface area contributed by atoms with Gasteiger partial charge < -0.3 is 15.4 Å². The van der Waals surface area contributed by atoms with Crippen molar-refractivity contribution >= 4 is 29.9 Å². The Labute approximate surface area is 197 Å². The van der Waals surface area contributed by atoms with E-state index in [2.05, 4.69) is 40.9 Å². The van der Waals surface area contributed by atoms with Crippen LogP contribution in [0.1, 0.15) is 50.3 Å². The number of halogens is 1. The van der Waals surface area contributed by atoms with Crippen molar-refractivity contribution < 1.29 is 4.74 Å². The summed E-state index contributed by atoms with van der Waals surface area (Å²) in [5.41, 5.74) is 3.57. The van der Waals surface area contributed by atoms with Gasteiger partial charge in [-0.3, -0.25) is 0 Å². The number of rotatable bonds is 9. The number of benzene rings is 1. The summed E-state index contributed by atoms with van der Waals surface area (Å²) >= 11 is 0. The van der Waals surface area contributed by atoms with Crippen molar-refractivity contribution in [3.8, 4) is 5.69 Å². The van der Waals surface area contributed by atoms with E-state index >= 15 is 0 Å². The molecule has 0 radical (unpaired) electrons. The van der Waals surface area contributed by atoms with E-state index in [1.807, 2.05) is 29.9 Å². The molecule has 1 aromatic carbocycles. The maximum Gasteiger partial charge on any atom is 0.191 e. The lowest BCUT2D eigenvalue weighted by molar-refractivity contribution is 0.138. The number of hydrogen-bond acceptors (Lipinski definition) is 3. The second-order valence-electron chi connectivity index (χ2n) is 8.03. The molecule has 0 bridgehead atoms. The number of nitrogens with one attached hydrogen (secondary N) is 2. The molecule has 7 heteroatoms. The highest BCUT2D eigenvalue weighted by atomic mass is 127. The molecule has 0 saturated heterocycles. The Bertz CT molecular complexity index is 798. The number of methoxy groups -OCH3 is 1. The van der Waals surface area contributed by atoms with Crippen LogP contribution < -0.4 is 10.6 Å². The number of hydrogen-bond donors (Lipinski definition) is 2. The molecule has 1 heterocycles. The van der Waals surface area contributed by atoms with Crippen molar-refractivity contribution in [2.24, 2.45) is 10.4 Å². The molecule has 0 aliphatic heterocycles. The van der Waals surface area contributed by atoms with E-state index in [-0.39, 0.29) is 24.0 Å². The monoisotopic (exact) mass is 525 g/mol. The minimum Gasteiger partial charge on any atom is -0.385 e. The van der Waals surface area contributed by atoms with Crippen molar-refractivity contribution in [3.63, 3.8) is 0 Å². The Kier molecular flexibility index (Phi) is 10.1. The van der Waals surface area contributed by atoms with Crippen LogP contribution in [0.2, 0.25) is 0 Å². The van der Waals surface area contributed by atoms with Crippen molar-refractivity contribution in [2.45, 2.75) is 52.5 Å². The van der Waals surface area contributed by atoms with Gasteiger partial charge in [0.05, 0.1) is 17.9 Å². The molecule has 6 nitrogen and oxygen atoms in total. The van der Waals surface area contributed by atoms with Gasteiger partial charge in [-0.15, -0.1) is 24.0 Å². The first kappa shape index (κ1) is 24.7. The molecular formula is C23H36IN5O. The van der Waals surface area contributed by atoms with E-state index in [9.17, 15) is 0 Å². The molecule has 30 heavy (non-hydrogen) atoms. The third kappa shape index (κ3) is 6.70. The molecule has 1 aliphatic carbocycles. The largest absolute Gasteiger partial charge is 0.385 e. The quantitative estimate of drug-likeness (QED) is 0.289. The van der Waals surface area contributed by atoms with Gasteiger partial charge in [-0.05, 0) is 56.2 Å². The average Bonchev–Trinajstić information content (AvgIpc) is 3.38. The fourth-order valence-corrected chi connectivity index (χ4v) is 4.15. The highest BCUT2D eigenvalue weighted by Gasteiger charge is 2.33. The predicted molar refractivity (Wildman–Crippen MR) is 134 cm³/mol. The van der Waals surface area contributed by atoms with Gasteiger partial charge in [-0.2, -0.15) is 5.10 Å². The third-order valence-corrected chi connectivity index (χ3v) is 5.84. The normalized spacial score (nSPS) is 15.6. The Hall–Kier alpha value is -1.61. The van der Waals surface area contributed by atoms with E-state index in [0.717, 1.165) is 49.0 Å². The van der Waals surface area contributed by atoms with Gasteiger partial charge in [0, 0.05) is 33.0 Å². The molecule has 1 aromatic heterocycles. The van der Waals surface area contributed by atoms with Gasteiger partial charge >= 0.3 is 0 Å². The van der Waals surface area contributed by atoms with Crippen LogP contribution in [0.3, 0.4) is 0 Å². The van der Waals surface area contributed by atoms with Crippen LogP contribution in [0.5, 0.6) is 0 Å². The Balaban J connectivity index is 0.00000320. The number of guanidine groups is 1. The lowest BCUT2D eigenvalue weighted by atomic mass is 9.83. The van der Waals surface area contributed by atoms with Crippen LogP contribution in [0.25, 0.3) is 5.69 Å². The maximum atomic E-state index is 5.36. The fourth-order valence-electron chi connectivity index (χ4n) is 4.15. The third-order valence-electron chi connectivity index (χ3n) is 5.84. The number of aliphatic imine (C=N–C) groups is 1. The zero-order valence-electron chi connectivity index (χ0n) is 18.5. The molecule has 0 atom stereocenters. The summed E-state index contributed by atoms with van der Waals surface area (Å²) in [4.78, 5) is 4.87. The highest BCUT2D eigenvalue weighted by molar-refractivity contribution is 14.0. The van der Waals surface area contributed by atoms with E-state index in [4.69, 9.17) is 9.73 Å². The second kappa shape index (κ2) is 12.3. The van der Waals surface area contributed by atoms with E-state index in [0.29, 0.717) is 12.0 Å². The summed E-state index contributed by atoms with van der Waals surface area (Å²) in [5, 5.41) is 11.6. The lowest BCUT2D eigenvalue weighted by Crippen LogP contribution is -2.43. The van der Waals surface area contributed by atoms with E-state index < -0.39 is 0 Å². The minimum atomic E-state index is 0. The molecule has 0 spiro atoms. The summed E-state index contributed by atoms with van der Waals surface area (Å²) in [6.07, 6.45) is 8.28. The van der Waals surface area contributed by atoms with Crippen molar-refractivity contribution in [2.75, 3.05) is 26.8 Å². The van der Waals surface area contributed by atoms with Gasteiger partial charge in [0.2, 0.25) is 0 Å². The molecule has 1 aliphatic rings. The standard InChI is InChI=1S/C23H35N5O.HI/c1-4-24-22(26-18-23(14-16-29-3)12-7-8-13-23)25-17-20-9-5-6-10-21(20)28-15-11-19(2)27-28;/h5-6,9-11,15H,4,7-8,12-14,16-18H2,1-3H3,(H2,24,25,26);1H. The van der Waals surface area contributed by atoms with Crippen molar-refractivity contribution in [1.82, 2.24) is 20.4 Å². The zero-order valence-corrected chi connectivity index (χ0v) is 20.8. The molecule has 0 amide bonds. The molecule has 1 saturated carbocycles. The minimum absolute atomic E-state index is 0. The van der Waals surface area contributed by atoms with E-state index in [1.165, 1.54) is 25.7 Å². The maximum absolute atomic E-state index is 5.36. The Morgan fingerprint density at radius 2 is 1.97 bits per heavy atom. The highest BCUT2D eigenvalue weighted by Crippen LogP contribution is 2.40. The fraction of sp³-hybridized carbons (Fsp3) is 0.565. The smallest absolute Gasteiger partial charge is 0.191 e. The summed E-state index contributed by atoms with van der Waals surface area (Å²) < 4.78 is 7.29. The van der Waals surface area contributed by atoms with Crippen LogP contribution >= 0.6 is 24.0 Å². The van der Waals surface area contributed by atoms with Crippen molar-refractivity contribution in [1.29, 1.82) is 0 Å². The lowest BCUT2D eigenvalue weighted by Gasteiger charge is -2.30. The number of aromatic nitrogens is 2. The first-order chi connectivity index (χ1) is 14.2. The SMILES string of the molecule is CCNC(=NCc1ccccc1-n1ccc(C)n1)NCC1(CCOC)CCCC1.I. The van der Waals surface area contributed by atoms with Crippen LogP contribution in [0, 0.1) is 12.3 Å². The first-order valence-corrected chi connectivity index (χ1v) is 10.8. The summed E-state index contributed by atoms with van der Waals surface area (Å²) in [7, 11) is 1.79. The summed E-state index contributed by atoms with van der Waals surface area (Å²) in [6, 6.07) is 10.3. The van der Waals surface area contributed by atoms with Crippen LogP contribution in [0.4, 0.5) is 0 Å². The molecule has 0 unspecified atom stereocenters. The Morgan fingerprint density at radius 1 is 1.20 bits per heavy atom. The number of ether oxygens (including phenoxy) is 1. The topological polar surface area (TPSA) is 63.5 Å². The van der Waals surface area contributed by atoms with Gasteiger partial charge in [-0.1, -0.05) is 31.0 Å². The molecule has 3 rings (SSSR count). The second-order valence-corrected chi connectivity index (χ2v) is 8.03. The molecular weight excluding hydrogens is 489 g/mol. The molecule has 2 N–H and O–H groups in total. The van der Waals surface area contributed by atoms with Gasteiger partial charge in [0.25, 0.3) is 0 Å². The van der Waals surface area contributed by atoms with Crippen LogP contribution in [0.15, 0.2) is 41.5 Å². The average molecular weight is 525 g/mol. The van der Waals surface area contributed by atoms with Gasteiger partial charge in [0.15, 0.2) is 5.96 Å². The molecule has 166 valence electrons. The van der Waals surface area contributed by atoms with Crippen LogP contribution in [-0.4, -0.2) is 42.5 Å². The number of aryl methyl sites for hydroxylation is 1. The first-order valence-electron chi connectivity index (χ1n) is 10.8. The van der Waals surface area contributed by atoms with Gasteiger partial charge in [-0.25, -0.2) is 9.67 Å². The van der Waals surface area contributed by atoms with E-state index in [1.54, 1.807) is 7.11 Å². The van der Waals surface area contributed by atoms with Crippen LogP contribution in [-0.2, 0) is 11.3 Å². The Morgan fingerprint density at radius 3 is 2.63 bits per heavy atom. The summed E-state index contributed by atoms with van der Waals surface area (Å²) in [5.74, 6) is 0.877. The number of para-hydroxylation sites is 1. The van der Waals surface area contributed by atoms with Crippen molar-refractivity contribution in [3.05, 3.63) is 47.8 Å². The zero-order chi connectivity index (χ0) is 20.5. The molecule has 1 fully saturated rings. The molecule has 2 aromatic rings.